The third kappa shape index (κ3) is 3.62. The molecule has 1 aromatic carbocycles. The third-order valence-electron chi connectivity index (χ3n) is 2.14. The van der Waals surface area contributed by atoms with Gasteiger partial charge in [0.1, 0.15) is 18.8 Å². The Hall–Kier alpha value is -1.43. The van der Waals surface area contributed by atoms with Gasteiger partial charge in [0.15, 0.2) is 5.78 Å². The van der Waals surface area contributed by atoms with Crippen LogP contribution in [0.3, 0.4) is 0 Å². The van der Waals surface area contributed by atoms with Gasteiger partial charge in [0.05, 0.1) is 0 Å². The second kappa shape index (κ2) is 6.22. The van der Waals surface area contributed by atoms with E-state index in [-0.39, 0.29) is 6.54 Å². The lowest BCUT2D eigenvalue weighted by Crippen LogP contribution is -2.39. The van der Waals surface area contributed by atoms with Crippen molar-refractivity contribution in [3.8, 4) is 0 Å². The lowest BCUT2D eigenvalue weighted by Gasteiger charge is -2.16. The van der Waals surface area contributed by atoms with E-state index in [0.29, 0.717) is 0 Å². The fourth-order valence-electron chi connectivity index (χ4n) is 1.20. The van der Waals surface area contributed by atoms with E-state index in [2.05, 4.69) is 5.32 Å². The molecule has 2 unspecified atom stereocenters. The Balaban J connectivity index is 2.41. The summed E-state index contributed by atoms with van der Waals surface area (Å²) in [6, 6.07) is 9.10. The van der Waals surface area contributed by atoms with Crippen molar-refractivity contribution in [3.05, 3.63) is 30.3 Å². The quantitative estimate of drug-likeness (QED) is 0.518. The molecule has 0 aliphatic carbocycles. The van der Waals surface area contributed by atoms with Crippen LogP contribution in [0.25, 0.3) is 0 Å². The molecule has 1 rings (SSSR count). The molecule has 0 fully saturated rings. The summed E-state index contributed by atoms with van der Waals surface area (Å²) in [5.74, 6) is -0.789. The highest BCUT2D eigenvalue weighted by atomic mass is 16.3. The van der Waals surface area contributed by atoms with Crippen molar-refractivity contribution in [2.24, 2.45) is 0 Å². The molecule has 0 amide bonds. The predicted octanol–water partition coefficient (Wildman–Crippen LogP) is -0.618. The molecule has 0 aromatic heterocycles. The summed E-state index contributed by atoms with van der Waals surface area (Å²) in [7, 11) is 0. The number of nitrogens with one attached hydrogen (secondary N) is 1. The molecule has 0 bridgehead atoms. The number of rotatable bonds is 6. The second-order valence-corrected chi connectivity index (χ2v) is 3.38. The van der Waals surface area contributed by atoms with Crippen LogP contribution in [0.1, 0.15) is 0 Å². The van der Waals surface area contributed by atoms with E-state index >= 15 is 0 Å². The molecule has 0 aliphatic rings. The number of aliphatic hydroxyl groups excluding tert-OH is 3. The Labute approximate surface area is 93.4 Å². The van der Waals surface area contributed by atoms with Gasteiger partial charge in [-0.3, -0.25) is 4.79 Å². The maximum Gasteiger partial charge on any atom is 0.189 e. The summed E-state index contributed by atoms with van der Waals surface area (Å²) in [5.41, 5.74) is 0.783. The molecule has 0 saturated carbocycles. The molecule has 0 radical (unpaired) electrons. The van der Waals surface area contributed by atoms with E-state index in [1.54, 1.807) is 12.1 Å². The normalized spacial score (nSPS) is 14.2. The van der Waals surface area contributed by atoms with Crippen molar-refractivity contribution in [3.63, 3.8) is 0 Å². The lowest BCUT2D eigenvalue weighted by atomic mass is 10.1. The van der Waals surface area contributed by atoms with Gasteiger partial charge in [0, 0.05) is 12.2 Å². The van der Waals surface area contributed by atoms with Crippen LogP contribution in [0.4, 0.5) is 5.69 Å². The Bertz CT molecular complexity index is 328. The van der Waals surface area contributed by atoms with Crippen molar-refractivity contribution >= 4 is 11.5 Å². The largest absolute Gasteiger partial charge is 0.388 e. The van der Waals surface area contributed by atoms with Crippen LogP contribution in [0.2, 0.25) is 0 Å². The van der Waals surface area contributed by atoms with Crippen LogP contribution in [0.15, 0.2) is 30.3 Å². The SMILES string of the molecule is O=C(CO)C(O)C(O)CNc1ccccc1. The molecule has 0 saturated heterocycles. The van der Waals surface area contributed by atoms with E-state index < -0.39 is 24.6 Å². The first-order valence-electron chi connectivity index (χ1n) is 4.93. The molecule has 2 atom stereocenters. The van der Waals surface area contributed by atoms with Crippen LogP contribution >= 0.6 is 0 Å². The molecule has 5 heteroatoms. The minimum atomic E-state index is -1.55. The molecular weight excluding hydrogens is 210 g/mol. The first-order valence-corrected chi connectivity index (χ1v) is 4.93. The van der Waals surface area contributed by atoms with E-state index in [0.717, 1.165) is 5.69 Å². The van der Waals surface area contributed by atoms with Crippen molar-refractivity contribution in [1.82, 2.24) is 0 Å². The molecular formula is C11H15NO4. The zero-order chi connectivity index (χ0) is 12.0. The Morgan fingerprint density at radius 2 is 1.88 bits per heavy atom. The van der Waals surface area contributed by atoms with Gasteiger partial charge in [0.2, 0.25) is 0 Å². The average molecular weight is 225 g/mol. The minimum absolute atomic E-state index is 0.0386. The zero-order valence-corrected chi connectivity index (χ0v) is 8.71. The van der Waals surface area contributed by atoms with Crippen LogP contribution < -0.4 is 5.32 Å². The standard InChI is InChI=1S/C11H15NO4/c13-7-10(15)11(16)9(14)6-12-8-4-2-1-3-5-8/h1-5,9,11-14,16H,6-7H2. The number of hydrogen-bond donors (Lipinski definition) is 4. The fourth-order valence-corrected chi connectivity index (χ4v) is 1.20. The number of Topliss-reactive ketones (excluding diaryl/α,β-unsaturated/α-hetero) is 1. The summed E-state index contributed by atoms with van der Waals surface area (Å²) in [6.45, 7) is -0.736. The Morgan fingerprint density at radius 3 is 2.44 bits per heavy atom. The van der Waals surface area contributed by atoms with E-state index in [9.17, 15) is 15.0 Å². The van der Waals surface area contributed by atoms with E-state index in [4.69, 9.17) is 5.11 Å². The summed E-state index contributed by atoms with van der Waals surface area (Å²) in [4.78, 5) is 10.9. The maximum absolute atomic E-state index is 10.9. The molecule has 5 nitrogen and oxygen atoms in total. The summed E-state index contributed by atoms with van der Waals surface area (Å²) in [6.07, 6.45) is -2.79. The minimum Gasteiger partial charge on any atom is -0.388 e. The first kappa shape index (κ1) is 12.6. The van der Waals surface area contributed by atoms with Crippen molar-refractivity contribution in [2.75, 3.05) is 18.5 Å². The number of anilines is 1. The van der Waals surface area contributed by atoms with Crippen molar-refractivity contribution in [2.45, 2.75) is 12.2 Å². The molecule has 0 heterocycles. The smallest absolute Gasteiger partial charge is 0.189 e. The number of carbonyl (C=O) groups is 1. The molecule has 1 aromatic rings. The zero-order valence-electron chi connectivity index (χ0n) is 8.71. The van der Waals surface area contributed by atoms with Crippen LogP contribution in [-0.2, 0) is 4.79 Å². The van der Waals surface area contributed by atoms with Gasteiger partial charge in [0.25, 0.3) is 0 Å². The number of para-hydroxylation sites is 1. The van der Waals surface area contributed by atoms with E-state index in [1.807, 2.05) is 18.2 Å². The van der Waals surface area contributed by atoms with Gasteiger partial charge >= 0.3 is 0 Å². The predicted molar refractivity (Wildman–Crippen MR) is 59.0 cm³/mol. The summed E-state index contributed by atoms with van der Waals surface area (Å²) in [5, 5.41) is 30.1. The second-order valence-electron chi connectivity index (χ2n) is 3.38. The molecule has 0 aliphatic heterocycles. The van der Waals surface area contributed by atoms with Gasteiger partial charge in [-0.05, 0) is 12.1 Å². The number of hydrogen-bond acceptors (Lipinski definition) is 5. The Kier molecular flexibility index (Phi) is 4.91. The lowest BCUT2D eigenvalue weighted by molar-refractivity contribution is -0.135. The van der Waals surface area contributed by atoms with Gasteiger partial charge in [-0.2, -0.15) is 0 Å². The topological polar surface area (TPSA) is 89.8 Å². The number of aliphatic hydroxyl groups is 3. The highest BCUT2D eigenvalue weighted by Crippen LogP contribution is 2.05. The molecule has 88 valence electrons. The van der Waals surface area contributed by atoms with Gasteiger partial charge in [-0.25, -0.2) is 0 Å². The summed E-state index contributed by atoms with van der Waals surface area (Å²) < 4.78 is 0. The van der Waals surface area contributed by atoms with E-state index in [1.165, 1.54) is 0 Å². The third-order valence-corrected chi connectivity index (χ3v) is 2.14. The fraction of sp³-hybridized carbons (Fsp3) is 0.364. The number of benzene rings is 1. The summed E-state index contributed by atoms with van der Waals surface area (Å²) >= 11 is 0. The number of carbonyl (C=O) groups excluding carboxylic acids is 1. The number of ketones is 1. The average Bonchev–Trinajstić information content (AvgIpc) is 2.35. The van der Waals surface area contributed by atoms with Gasteiger partial charge < -0.3 is 20.6 Å². The highest BCUT2D eigenvalue weighted by Gasteiger charge is 2.22. The molecule has 4 N–H and O–H groups in total. The van der Waals surface area contributed by atoms with Gasteiger partial charge in [-0.1, -0.05) is 18.2 Å². The van der Waals surface area contributed by atoms with Crippen LogP contribution in [0.5, 0.6) is 0 Å². The van der Waals surface area contributed by atoms with Crippen molar-refractivity contribution in [1.29, 1.82) is 0 Å². The Morgan fingerprint density at radius 1 is 1.25 bits per heavy atom. The highest BCUT2D eigenvalue weighted by molar-refractivity contribution is 5.84. The first-order chi connectivity index (χ1) is 7.65. The maximum atomic E-state index is 10.9. The monoisotopic (exact) mass is 225 g/mol. The van der Waals surface area contributed by atoms with Crippen molar-refractivity contribution < 1.29 is 20.1 Å². The van der Waals surface area contributed by atoms with Crippen LogP contribution in [0, 0.1) is 0 Å². The molecule has 16 heavy (non-hydrogen) atoms. The van der Waals surface area contributed by atoms with Crippen LogP contribution in [-0.4, -0.2) is 46.5 Å². The molecule has 0 spiro atoms. The van der Waals surface area contributed by atoms with Gasteiger partial charge in [-0.15, -0.1) is 0 Å².